The number of azo groups is 1. The van der Waals surface area contributed by atoms with Crippen molar-refractivity contribution in [2.75, 3.05) is 12.1 Å². The minimum Gasteiger partial charge on any atom is -0.497 e. The van der Waals surface area contributed by atoms with Gasteiger partial charge in [0.2, 0.25) is 5.13 Å². The van der Waals surface area contributed by atoms with Gasteiger partial charge in [-0.05, 0) is 37.3 Å². The van der Waals surface area contributed by atoms with Crippen molar-refractivity contribution in [3.63, 3.8) is 0 Å². The summed E-state index contributed by atoms with van der Waals surface area (Å²) in [6.45, 7) is 1.67. The highest BCUT2D eigenvalue weighted by Crippen LogP contribution is 2.31. The highest BCUT2D eigenvalue weighted by molar-refractivity contribution is 7.14. The Morgan fingerprint density at radius 2 is 2.00 bits per heavy atom. The van der Waals surface area contributed by atoms with E-state index in [1.807, 2.05) is 29.6 Å². The number of benzene rings is 2. The average Bonchev–Trinajstić information content (AvgIpc) is 3.37. The molecular weight excluding hydrogens is 420 g/mol. The molecule has 0 radical (unpaired) electrons. The van der Waals surface area contributed by atoms with E-state index in [0.29, 0.717) is 16.5 Å². The molecule has 1 unspecified atom stereocenters. The first-order valence-electron chi connectivity index (χ1n) is 9.10. The zero-order valence-corrected chi connectivity index (χ0v) is 17.3. The van der Waals surface area contributed by atoms with E-state index in [-0.39, 0.29) is 17.3 Å². The van der Waals surface area contributed by atoms with Crippen LogP contribution in [0.4, 0.5) is 16.5 Å². The average molecular weight is 436 g/mol. The Kier molecular flexibility index (Phi) is 5.50. The molecule has 0 bridgehead atoms. The van der Waals surface area contributed by atoms with Crippen LogP contribution in [0.1, 0.15) is 6.92 Å². The highest BCUT2D eigenvalue weighted by atomic mass is 32.1. The predicted octanol–water partition coefficient (Wildman–Crippen LogP) is 4.60. The van der Waals surface area contributed by atoms with Crippen LogP contribution in [0.15, 0.2) is 69.2 Å². The SMILES string of the molecule is COc1ccc(-c2csc(N3N=C(C)C(N=Nc4cccc([N+](=O)[O-])c4)C3=O)n2)cc1. The van der Waals surface area contributed by atoms with Crippen LogP contribution in [0, 0.1) is 10.1 Å². The standard InChI is InChI=1S/C20H16N6O4S/c1-12-18(23-22-14-4-3-5-15(10-14)26(28)29)19(27)25(24-12)20-21-17(11-31-20)13-6-8-16(30-2)9-7-13/h3-11,18H,1-2H3. The molecule has 11 heteroatoms. The van der Waals surface area contributed by atoms with Crippen molar-refractivity contribution in [3.8, 4) is 17.0 Å². The molecule has 1 aliphatic heterocycles. The van der Waals surface area contributed by atoms with Gasteiger partial charge in [0.15, 0.2) is 6.04 Å². The number of hydrogen-bond donors (Lipinski definition) is 0. The molecule has 1 aliphatic rings. The molecule has 4 rings (SSSR count). The molecule has 0 spiro atoms. The Hall–Kier alpha value is -3.99. The fourth-order valence-corrected chi connectivity index (χ4v) is 3.66. The number of ether oxygens (including phenoxy) is 1. The second-order valence-corrected chi connectivity index (χ2v) is 7.37. The number of non-ortho nitro benzene ring substituents is 1. The van der Waals surface area contributed by atoms with Crippen molar-refractivity contribution in [2.45, 2.75) is 13.0 Å². The molecule has 31 heavy (non-hydrogen) atoms. The van der Waals surface area contributed by atoms with E-state index in [2.05, 4.69) is 20.3 Å². The minimum absolute atomic E-state index is 0.102. The summed E-state index contributed by atoms with van der Waals surface area (Å²) in [5, 5.41) is 26.7. The number of thiazole rings is 1. The monoisotopic (exact) mass is 436 g/mol. The summed E-state index contributed by atoms with van der Waals surface area (Å²) in [7, 11) is 1.60. The number of carbonyl (C=O) groups excluding carboxylic acids is 1. The zero-order valence-electron chi connectivity index (χ0n) is 16.5. The first-order valence-corrected chi connectivity index (χ1v) is 9.98. The molecule has 10 nitrogen and oxygen atoms in total. The molecule has 156 valence electrons. The van der Waals surface area contributed by atoms with E-state index in [0.717, 1.165) is 11.3 Å². The maximum absolute atomic E-state index is 12.8. The normalized spacial score (nSPS) is 16.1. The molecule has 1 aromatic heterocycles. The largest absolute Gasteiger partial charge is 0.497 e. The van der Waals surface area contributed by atoms with Gasteiger partial charge in [-0.25, -0.2) is 4.98 Å². The van der Waals surface area contributed by atoms with E-state index in [1.54, 1.807) is 20.1 Å². The molecule has 0 aliphatic carbocycles. The maximum atomic E-state index is 12.8. The van der Waals surface area contributed by atoms with E-state index < -0.39 is 11.0 Å². The van der Waals surface area contributed by atoms with Gasteiger partial charge in [0.1, 0.15) is 5.75 Å². The van der Waals surface area contributed by atoms with Gasteiger partial charge >= 0.3 is 0 Å². The Morgan fingerprint density at radius 3 is 2.71 bits per heavy atom. The smallest absolute Gasteiger partial charge is 0.282 e. The van der Waals surface area contributed by atoms with Crippen molar-refractivity contribution in [1.82, 2.24) is 4.98 Å². The van der Waals surface area contributed by atoms with Crippen LogP contribution in [0.2, 0.25) is 0 Å². The minimum atomic E-state index is -0.910. The zero-order chi connectivity index (χ0) is 22.0. The number of rotatable bonds is 6. The summed E-state index contributed by atoms with van der Waals surface area (Å²) in [6.07, 6.45) is 0. The second-order valence-electron chi connectivity index (χ2n) is 6.53. The lowest BCUT2D eigenvalue weighted by molar-refractivity contribution is -0.384. The number of nitro benzene ring substituents is 1. The number of nitro groups is 1. The van der Waals surface area contributed by atoms with Crippen LogP contribution in [0.5, 0.6) is 5.75 Å². The molecule has 2 aromatic carbocycles. The fraction of sp³-hybridized carbons (Fsp3) is 0.150. The lowest BCUT2D eigenvalue weighted by atomic mass is 10.2. The third-order valence-electron chi connectivity index (χ3n) is 4.48. The lowest BCUT2D eigenvalue weighted by Gasteiger charge is -2.08. The first kappa shape index (κ1) is 20.3. The Bertz CT molecular complexity index is 1200. The number of nitrogens with zero attached hydrogens (tertiary/aromatic N) is 6. The Balaban J connectivity index is 1.52. The van der Waals surface area contributed by atoms with Crippen molar-refractivity contribution in [2.24, 2.45) is 15.3 Å². The van der Waals surface area contributed by atoms with E-state index in [1.165, 1.54) is 34.5 Å². The van der Waals surface area contributed by atoms with Crippen LogP contribution in [-0.2, 0) is 4.79 Å². The highest BCUT2D eigenvalue weighted by Gasteiger charge is 2.36. The molecule has 0 saturated carbocycles. The third kappa shape index (κ3) is 4.16. The summed E-state index contributed by atoms with van der Waals surface area (Å²) in [5.74, 6) is 0.355. The van der Waals surface area contributed by atoms with Crippen LogP contribution >= 0.6 is 11.3 Å². The van der Waals surface area contributed by atoms with E-state index in [9.17, 15) is 14.9 Å². The fourth-order valence-electron chi connectivity index (χ4n) is 2.88. The summed E-state index contributed by atoms with van der Waals surface area (Å²) in [4.78, 5) is 27.7. The molecule has 0 saturated heterocycles. The molecule has 1 amide bonds. The van der Waals surface area contributed by atoms with Gasteiger partial charge < -0.3 is 4.74 Å². The number of amides is 1. The van der Waals surface area contributed by atoms with Gasteiger partial charge in [-0.3, -0.25) is 14.9 Å². The second kappa shape index (κ2) is 8.40. The Labute approximate surface area is 180 Å². The number of carbonyl (C=O) groups is 1. The first-order chi connectivity index (χ1) is 15.0. The Morgan fingerprint density at radius 1 is 1.23 bits per heavy atom. The van der Waals surface area contributed by atoms with Crippen LogP contribution in [0.25, 0.3) is 11.3 Å². The summed E-state index contributed by atoms with van der Waals surface area (Å²) < 4.78 is 5.16. The van der Waals surface area contributed by atoms with Crippen LogP contribution in [0.3, 0.4) is 0 Å². The van der Waals surface area contributed by atoms with Gasteiger partial charge in [-0.15, -0.1) is 11.3 Å². The van der Waals surface area contributed by atoms with Crippen molar-refractivity contribution in [1.29, 1.82) is 0 Å². The summed E-state index contributed by atoms with van der Waals surface area (Å²) >= 11 is 1.29. The molecule has 0 fully saturated rings. The molecule has 3 aromatic rings. The number of hydrogen-bond acceptors (Lipinski definition) is 9. The van der Waals surface area contributed by atoms with Crippen molar-refractivity contribution >= 4 is 39.5 Å². The summed E-state index contributed by atoms with van der Waals surface area (Å²) in [5.41, 5.74) is 2.24. The van der Waals surface area contributed by atoms with Gasteiger partial charge in [0, 0.05) is 23.1 Å². The lowest BCUT2D eigenvalue weighted by Crippen LogP contribution is -2.29. The molecular formula is C20H16N6O4S. The van der Waals surface area contributed by atoms with E-state index >= 15 is 0 Å². The van der Waals surface area contributed by atoms with Crippen molar-refractivity contribution < 1.29 is 14.5 Å². The van der Waals surface area contributed by atoms with Gasteiger partial charge in [0.05, 0.1) is 29.1 Å². The third-order valence-corrected chi connectivity index (χ3v) is 5.30. The van der Waals surface area contributed by atoms with E-state index in [4.69, 9.17) is 4.74 Å². The number of hydrazone groups is 1. The molecule has 2 heterocycles. The number of methoxy groups -OCH3 is 1. The number of aromatic nitrogens is 1. The maximum Gasteiger partial charge on any atom is 0.282 e. The van der Waals surface area contributed by atoms with Gasteiger partial charge in [0.25, 0.3) is 11.6 Å². The van der Waals surface area contributed by atoms with Crippen LogP contribution in [-0.4, -0.2) is 34.7 Å². The van der Waals surface area contributed by atoms with Gasteiger partial charge in [-0.2, -0.15) is 20.3 Å². The predicted molar refractivity (Wildman–Crippen MR) is 116 cm³/mol. The topological polar surface area (TPSA) is 123 Å². The summed E-state index contributed by atoms with van der Waals surface area (Å²) in [6, 6.07) is 12.2. The molecule has 1 atom stereocenters. The number of anilines is 1. The van der Waals surface area contributed by atoms with Gasteiger partial charge in [-0.1, -0.05) is 6.07 Å². The van der Waals surface area contributed by atoms with Crippen molar-refractivity contribution in [3.05, 3.63) is 64.0 Å². The van der Waals surface area contributed by atoms with Crippen LogP contribution < -0.4 is 9.75 Å². The quantitative estimate of drug-likeness (QED) is 0.317. The molecule has 0 N–H and O–H groups in total.